The summed E-state index contributed by atoms with van der Waals surface area (Å²) in [6.45, 7) is 20.3. The van der Waals surface area contributed by atoms with Gasteiger partial charge in [0.2, 0.25) is 0 Å². The third kappa shape index (κ3) is 43.1. The minimum Gasteiger partial charge on any atom is -0.494 e. The highest BCUT2D eigenvalue weighted by Crippen LogP contribution is 2.38. The first-order chi connectivity index (χ1) is 55.2. The Hall–Kier alpha value is -6.54. The summed E-state index contributed by atoms with van der Waals surface area (Å²) in [5, 5.41) is 17.8. The second kappa shape index (κ2) is 60.9. The molecule has 20 heteroatoms. The second-order valence-electron chi connectivity index (χ2n) is 32.1. The first-order valence-electron chi connectivity index (χ1n) is 44.0. The zero-order valence-electron chi connectivity index (χ0n) is 71.5. The molecule has 0 bridgehead atoms. The normalized spacial score (nSPS) is 13.4. The van der Waals surface area contributed by atoms with Crippen LogP contribution in [0.1, 0.15) is 318 Å². The Morgan fingerprint density at radius 1 is 0.360 bits per heavy atom. The van der Waals surface area contributed by atoms with Gasteiger partial charge in [-0.25, -0.2) is 0 Å². The Balaban J connectivity index is 1.18. The van der Waals surface area contributed by atoms with Crippen LogP contribution in [0.5, 0.6) is 11.5 Å². The lowest BCUT2D eigenvalue weighted by Crippen LogP contribution is -2.43. The number of ether oxygens (including phenoxy) is 8. The number of esters is 6. The molecule has 0 radical (unpaired) electrons. The van der Waals surface area contributed by atoms with Gasteiger partial charge < -0.3 is 37.9 Å². The van der Waals surface area contributed by atoms with Gasteiger partial charge in [-0.1, -0.05) is 239 Å². The smallest absolute Gasteiger partial charge is 0.319 e. The van der Waals surface area contributed by atoms with Crippen molar-refractivity contribution in [2.45, 2.75) is 337 Å². The Labute approximate surface area is 703 Å². The molecule has 0 N–H and O–H groups in total. The van der Waals surface area contributed by atoms with E-state index in [9.17, 15) is 28.8 Å². The number of hydrogen-bond donors (Lipinski definition) is 0. The van der Waals surface area contributed by atoms with Crippen molar-refractivity contribution in [3.8, 4) is 11.5 Å². The van der Waals surface area contributed by atoms with Crippen molar-refractivity contribution >= 4 is 90.4 Å². The summed E-state index contributed by atoms with van der Waals surface area (Å²) in [5.41, 5.74) is 3.19. The van der Waals surface area contributed by atoms with Crippen LogP contribution in [0.15, 0.2) is 118 Å². The molecule has 0 aliphatic heterocycles. The van der Waals surface area contributed by atoms with E-state index in [4.69, 9.17) is 37.9 Å². The van der Waals surface area contributed by atoms with E-state index in [-0.39, 0.29) is 63.2 Å². The topological polar surface area (TPSA) is 226 Å². The van der Waals surface area contributed by atoms with Crippen LogP contribution in [0.25, 0.3) is 0 Å². The summed E-state index contributed by atoms with van der Waals surface area (Å²) < 4.78 is 47.3. The first kappa shape index (κ1) is 99.8. The van der Waals surface area contributed by atoms with Gasteiger partial charge in [-0.2, -0.15) is 20.5 Å². The molecule has 6 unspecified atom stereocenters. The molecule has 0 saturated heterocycles. The molecule has 0 fully saturated rings. The molecule has 0 spiro atoms. The number of nitrogens with zero attached hydrogens (tertiary/aromatic N) is 4. The molecule has 0 aromatic heterocycles. The fourth-order valence-electron chi connectivity index (χ4n) is 13.6. The van der Waals surface area contributed by atoms with E-state index in [1.807, 2.05) is 86.6 Å². The minimum atomic E-state index is -1.48. The molecule has 4 aromatic rings. The quantitative estimate of drug-likeness (QED) is 0.0132. The molecule has 0 saturated carbocycles. The number of halogens is 2. The highest BCUT2D eigenvalue weighted by molar-refractivity contribution is 9.10. The van der Waals surface area contributed by atoms with Crippen LogP contribution in [0, 0.1) is 28.6 Å². The highest BCUT2D eigenvalue weighted by Gasteiger charge is 2.47. The molecule has 0 aliphatic rings. The lowest BCUT2D eigenvalue weighted by molar-refractivity contribution is -0.174. The number of benzene rings is 4. The molecule has 4 aromatic carbocycles. The lowest BCUT2D eigenvalue weighted by Gasteiger charge is -2.33. The number of aryl methyl sites for hydroxylation is 2. The van der Waals surface area contributed by atoms with E-state index < -0.39 is 69.2 Å². The van der Waals surface area contributed by atoms with E-state index in [2.05, 4.69) is 104 Å². The van der Waals surface area contributed by atoms with Crippen molar-refractivity contribution in [2.75, 3.05) is 45.0 Å². The van der Waals surface area contributed by atoms with Crippen molar-refractivity contribution < 1.29 is 66.7 Å². The third-order valence-electron chi connectivity index (χ3n) is 21.2. The third-order valence-corrected chi connectivity index (χ3v) is 22.8. The van der Waals surface area contributed by atoms with Crippen LogP contribution in [-0.4, -0.2) is 97.8 Å². The van der Waals surface area contributed by atoms with E-state index in [1.165, 1.54) is 62.5 Å². The van der Waals surface area contributed by atoms with Gasteiger partial charge in [-0.15, -0.1) is 0 Å². The molecular formula is C94H144Br2N4O14. The van der Waals surface area contributed by atoms with E-state index in [1.54, 1.807) is 27.7 Å². The highest BCUT2D eigenvalue weighted by atomic mass is 79.9. The molecule has 6 atom stereocenters. The van der Waals surface area contributed by atoms with Gasteiger partial charge in [0.15, 0.2) is 0 Å². The molecule has 638 valence electrons. The maximum atomic E-state index is 14.4. The van der Waals surface area contributed by atoms with Gasteiger partial charge in [0.05, 0.1) is 77.8 Å². The van der Waals surface area contributed by atoms with Gasteiger partial charge in [0.1, 0.15) is 41.7 Å². The maximum absolute atomic E-state index is 14.4. The number of carbonyl (C=O) groups excluding carboxylic acids is 6. The minimum absolute atomic E-state index is 0.00314. The molecule has 0 heterocycles. The Kier molecular flexibility index (Phi) is 53.3. The summed E-state index contributed by atoms with van der Waals surface area (Å²) in [6.07, 6.45) is 35.9. The van der Waals surface area contributed by atoms with Crippen molar-refractivity contribution in [3.63, 3.8) is 0 Å². The largest absolute Gasteiger partial charge is 0.494 e. The maximum Gasteiger partial charge on any atom is 0.319 e. The predicted molar refractivity (Wildman–Crippen MR) is 466 cm³/mol. The van der Waals surface area contributed by atoms with Crippen molar-refractivity contribution in [3.05, 3.63) is 108 Å². The Morgan fingerprint density at radius 2 is 0.711 bits per heavy atom. The lowest BCUT2D eigenvalue weighted by atomic mass is 9.74. The fourth-order valence-corrected chi connectivity index (χ4v) is 14.7. The average Bonchev–Trinajstić information content (AvgIpc) is 0.807. The van der Waals surface area contributed by atoms with E-state index in [0.717, 1.165) is 176 Å². The van der Waals surface area contributed by atoms with Crippen molar-refractivity contribution in [1.82, 2.24) is 0 Å². The van der Waals surface area contributed by atoms with Gasteiger partial charge in [-0.05, 0) is 221 Å². The van der Waals surface area contributed by atoms with Crippen molar-refractivity contribution in [2.24, 2.45) is 49.0 Å². The summed E-state index contributed by atoms with van der Waals surface area (Å²) in [7, 11) is 0. The first-order valence-corrected chi connectivity index (χ1v) is 46.0. The number of azo groups is 2. The zero-order valence-corrected chi connectivity index (χ0v) is 74.7. The van der Waals surface area contributed by atoms with Crippen molar-refractivity contribution in [1.29, 1.82) is 0 Å². The summed E-state index contributed by atoms with van der Waals surface area (Å²) >= 11 is 7.04. The zero-order chi connectivity index (χ0) is 82.9. The number of unbranched alkanes of at least 4 members (excludes halogenated alkanes) is 24. The Morgan fingerprint density at radius 3 is 1.11 bits per heavy atom. The van der Waals surface area contributed by atoms with Gasteiger partial charge in [-0.3, -0.25) is 28.8 Å². The predicted octanol–water partition coefficient (Wildman–Crippen LogP) is 26.7. The molecule has 0 amide bonds. The number of alkyl halides is 2. The van der Waals surface area contributed by atoms with Gasteiger partial charge >= 0.3 is 35.8 Å². The number of rotatable bonds is 67. The van der Waals surface area contributed by atoms with Crippen LogP contribution in [-0.2, 0) is 70.0 Å². The monoisotopic (exact) mass is 1710 g/mol. The van der Waals surface area contributed by atoms with Gasteiger partial charge in [0.25, 0.3) is 0 Å². The molecule has 114 heavy (non-hydrogen) atoms. The van der Waals surface area contributed by atoms with Crippen LogP contribution in [0.4, 0.5) is 22.7 Å². The summed E-state index contributed by atoms with van der Waals surface area (Å²) in [6, 6.07) is 32.1. The fraction of sp³-hybridized carbons (Fsp3) is 0.681. The SMILES string of the molecule is CCCCCCc1ccc(N=Nc2ccc(OCCCCCCCCCCOC(=O)C(Br)CC(CC(C)(C)C(=O)OCCOC(=O)C(C)(C)C(CC(CBr)C(=O)OCCCCCCCCCCOc3ccc(N=Nc4ccc(CCCCCC)cc4)cc3)C(=O)OC(CC)CCCCC)C(=O)OC(CC)CCCCC)cc2)cc1. The Bertz CT molecular complexity index is 3290. The van der Waals surface area contributed by atoms with Crippen LogP contribution >= 0.6 is 31.9 Å². The van der Waals surface area contributed by atoms with Crippen LogP contribution < -0.4 is 9.47 Å². The summed E-state index contributed by atoms with van der Waals surface area (Å²) in [4.78, 5) is 83.1. The van der Waals surface area contributed by atoms with Crippen LogP contribution in [0.3, 0.4) is 0 Å². The van der Waals surface area contributed by atoms with Gasteiger partial charge in [0, 0.05) is 5.33 Å². The number of carbonyl (C=O) groups is 6. The summed E-state index contributed by atoms with van der Waals surface area (Å²) in [5.74, 6) is -4.49. The van der Waals surface area contributed by atoms with E-state index >= 15 is 0 Å². The molecule has 4 rings (SSSR count). The van der Waals surface area contributed by atoms with Crippen LogP contribution in [0.2, 0.25) is 0 Å². The second-order valence-corrected chi connectivity index (χ2v) is 33.8. The standard InChI is InChI=1S/C94H144Br2N4O14/c1-11-17-21-37-43-73-47-51-77(52-48-73)97-99-79-55-59-83(60-56-79)107-63-39-31-27-23-25-29-33-41-65-109-87(101)76(72-95)69-85(89(103)114-82(16-6)46-36-20-14-4)94(9,10)92(106)112-68-67-111-91(105)93(7,8)71-75(88(102)113-81(15-5)45-35-19-13-3)70-86(96)90(104)110-66-42-34-30-26-24-28-32-40-64-108-84-61-57-80(58-62-84)100-98-78-53-49-74(50-54-78)44-38-22-18-12-2/h47-62,75-76,81-82,85-86H,11-46,63-72H2,1-10H3. The number of hydrogen-bond acceptors (Lipinski definition) is 18. The average molecular weight is 1710 g/mol. The molecule has 0 aliphatic carbocycles. The molecular weight excluding hydrogens is 1570 g/mol. The van der Waals surface area contributed by atoms with E-state index in [0.29, 0.717) is 51.7 Å². The molecule has 18 nitrogen and oxygen atoms in total.